The predicted molar refractivity (Wildman–Crippen MR) is 73.0 cm³/mol. The molecule has 0 aliphatic heterocycles. The zero-order valence-corrected chi connectivity index (χ0v) is 11.9. The number of hydrogen-bond acceptors (Lipinski definition) is 2. The van der Waals surface area contributed by atoms with Crippen molar-refractivity contribution in [1.82, 2.24) is 5.32 Å². The van der Waals surface area contributed by atoms with Crippen molar-refractivity contribution in [3.63, 3.8) is 0 Å². The molecule has 0 bridgehead atoms. The number of aliphatic hydroxyl groups is 1. The average Bonchev–Trinajstić information content (AvgIpc) is 2.38. The van der Waals surface area contributed by atoms with Gasteiger partial charge in [0.25, 0.3) is 0 Å². The van der Waals surface area contributed by atoms with Crippen molar-refractivity contribution >= 4 is 5.91 Å². The van der Waals surface area contributed by atoms with Gasteiger partial charge in [0.1, 0.15) is 5.82 Å². The number of rotatable bonds is 5. The van der Waals surface area contributed by atoms with Crippen molar-refractivity contribution in [1.29, 1.82) is 0 Å². The van der Waals surface area contributed by atoms with E-state index in [4.69, 9.17) is 0 Å². The van der Waals surface area contributed by atoms with Crippen molar-refractivity contribution in [2.24, 2.45) is 5.41 Å². The topological polar surface area (TPSA) is 49.3 Å². The summed E-state index contributed by atoms with van der Waals surface area (Å²) in [5, 5.41) is 12.9. The Hall–Kier alpha value is -1.42. The number of carbonyl (C=O) groups is 1. The molecule has 0 aromatic heterocycles. The Kier molecular flexibility index (Phi) is 5.06. The van der Waals surface area contributed by atoms with Crippen molar-refractivity contribution in [2.75, 3.05) is 0 Å². The fourth-order valence-corrected chi connectivity index (χ4v) is 1.59. The first-order chi connectivity index (χ1) is 8.77. The van der Waals surface area contributed by atoms with Gasteiger partial charge in [0, 0.05) is 5.41 Å². The lowest BCUT2D eigenvalue weighted by molar-refractivity contribution is -0.131. The van der Waals surface area contributed by atoms with Gasteiger partial charge in [0.15, 0.2) is 0 Å². The van der Waals surface area contributed by atoms with Crippen LogP contribution in [0.15, 0.2) is 24.3 Å². The van der Waals surface area contributed by atoms with Gasteiger partial charge in [0.2, 0.25) is 5.91 Å². The molecule has 1 aromatic rings. The zero-order chi connectivity index (χ0) is 14.6. The molecule has 4 heteroatoms. The van der Waals surface area contributed by atoms with E-state index in [1.54, 1.807) is 6.92 Å². The van der Waals surface area contributed by atoms with E-state index >= 15 is 0 Å². The Morgan fingerprint density at radius 1 is 1.37 bits per heavy atom. The van der Waals surface area contributed by atoms with Crippen LogP contribution in [0.4, 0.5) is 4.39 Å². The van der Waals surface area contributed by atoms with Gasteiger partial charge in [-0.25, -0.2) is 4.39 Å². The summed E-state index contributed by atoms with van der Waals surface area (Å²) in [7, 11) is 0. The van der Waals surface area contributed by atoms with Gasteiger partial charge >= 0.3 is 0 Å². The van der Waals surface area contributed by atoms with Crippen LogP contribution in [0.5, 0.6) is 0 Å². The molecular formula is C15H22FNO2. The van der Waals surface area contributed by atoms with E-state index in [0.29, 0.717) is 5.56 Å². The molecule has 0 aliphatic rings. The molecule has 1 rings (SSSR count). The quantitative estimate of drug-likeness (QED) is 0.862. The average molecular weight is 267 g/mol. The summed E-state index contributed by atoms with van der Waals surface area (Å²) < 4.78 is 12.8. The third-order valence-electron chi connectivity index (χ3n) is 3.54. The first kappa shape index (κ1) is 15.6. The normalized spacial score (nSPS) is 14.8. The third-order valence-corrected chi connectivity index (χ3v) is 3.54. The van der Waals surface area contributed by atoms with Crippen LogP contribution in [-0.4, -0.2) is 17.1 Å². The van der Waals surface area contributed by atoms with Crippen molar-refractivity contribution < 1.29 is 14.3 Å². The molecule has 0 saturated carbocycles. The SMILES string of the molecule is CCC(C)(C)C(=O)NC(C)C(O)c1ccc(F)cc1. The Labute approximate surface area is 113 Å². The molecule has 2 atom stereocenters. The maximum Gasteiger partial charge on any atom is 0.225 e. The molecule has 3 nitrogen and oxygen atoms in total. The van der Waals surface area contributed by atoms with Crippen LogP contribution < -0.4 is 5.32 Å². The Morgan fingerprint density at radius 3 is 2.37 bits per heavy atom. The molecule has 0 radical (unpaired) electrons. The van der Waals surface area contributed by atoms with Gasteiger partial charge in [-0.3, -0.25) is 4.79 Å². The number of carbonyl (C=O) groups excluding carboxylic acids is 1. The monoisotopic (exact) mass is 267 g/mol. The van der Waals surface area contributed by atoms with Crippen molar-refractivity contribution in [2.45, 2.75) is 46.3 Å². The standard InChI is InChI=1S/C15H22FNO2/c1-5-15(3,4)14(19)17-10(2)13(18)11-6-8-12(16)9-7-11/h6-10,13,18H,5H2,1-4H3,(H,17,19). The highest BCUT2D eigenvalue weighted by Gasteiger charge is 2.28. The first-order valence-corrected chi connectivity index (χ1v) is 6.52. The van der Waals surface area contributed by atoms with Crippen LogP contribution in [0.25, 0.3) is 0 Å². The second kappa shape index (κ2) is 6.15. The van der Waals surface area contributed by atoms with E-state index in [1.165, 1.54) is 24.3 Å². The molecule has 2 unspecified atom stereocenters. The highest BCUT2D eigenvalue weighted by molar-refractivity contribution is 5.82. The highest BCUT2D eigenvalue weighted by atomic mass is 19.1. The smallest absolute Gasteiger partial charge is 0.225 e. The fraction of sp³-hybridized carbons (Fsp3) is 0.533. The number of halogens is 1. The van der Waals surface area contributed by atoms with E-state index in [2.05, 4.69) is 5.32 Å². The number of hydrogen-bond donors (Lipinski definition) is 2. The third kappa shape index (κ3) is 4.03. The lowest BCUT2D eigenvalue weighted by Crippen LogP contribution is -2.43. The minimum Gasteiger partial charge on any atom is -0.386 e. The molecule has 106 valence electrons. The minimum absolute atomic E-state index is 0.0938. The largest absolute Gasteiger partial charge is 0.386 e. The van der Waals surface area contributed by atoms with E-state index < -0.39 is 17.6 Å². The first-order valence-electron chi connectivity index (χ1n) is 6.52. The Morgan fingerprint density at radius 2 is 1.89 bits per heavy atom. The van der Waals surface area contributed by atoms with Crippen LogP contribution in [-0.2, 0) is 4.79 Å². The van der Waals surface area contributed by atoms with Crippen LogP contribution >= 0.6 is 0 Å². The molecule has 19 heavy (non-hydrogen) atoms. The van der Waals surface area contributed by atoms with Crippen molar-refractivity contribution in [3.05, 3.63) is 35.6 Å². The fourth-order valence-electron chi connectivity index (χ4n) is 1.59. The van der Waals surface area contributed by atoms with Gasteiger partial charge in [0.05, 0.1) is 12.1 Å². The van der Waals surface area contributed by atoms with Crippen LogP contribution in [0.1, 0.15) is 45.8 Å². The minimum atomic E-state index is -0.850. The highest BCUT2D eigenvalue weighted by Crippen LogP contribution is 2.22. The lowest BCUT2D eigenvalue weighted by Gasteiger charge is -2.27. The summed E-state index contributed by atoms with van der Waals surface area (Å²) in [6.07, 6.45) is -0.129. The number of nitrogens with one attached hydrogen (secondary N) is 1. The summed E-state index contributed by atoms with van der Waals surface area (Å²) in [5.74, 6) is -0.441. The predicted octanol–water partition coefficient (Wildman–Crippen LogP) is 2.80. The van der Waals surface area contributed by atoms with E-state index in [9.17, 15) is 14.3 Å². The van der Waals surface area contributed by atoms with Crippen LogP contribution in [0, 0.1) is 11.2 Å². The molecule has 1 amide bonds. The maximum atomic E-state index is 12.8. The van der Waals surface area contributed by atoms with Crippen molar-refractivity contribution in [3.8, 4) is 0 Å². The number of benzene rings is 1. The van der Waals surface area contributed by atoms with E-state index in [0.717, 1.165) is 6.42 Å². The summed E-state index contributed by atoms with van der Waals surface area (Å²) >= 11 is 0. The lowest BCUT2D eigenvalue weighted by atomic mass is 9.88. The molecule has 0 fully saturated rings. The van der Waals surface area contributed by atoms with Crippen LogP contribution in [0.2, 0.25) is 0 Å². The molecule has 0 heterocycles. The van der Waals surface area contributed by atoms with Gasteiger partial charge in [-0.2, -0.15) is 0 Å². The number of amides is 1. The van der Waals surface area contributed by atoms with E-state index in [-0.39, 0.29) is 11.7 Å². The summed E-state index contributed by atoms with van der Waals surface area (Å²) in [6.45, 7) is 7.40. The van der Waals surface area contributed by atoms with Gasteiger partial charge in [-0.05, 0) is 31.0 Å². The molecule has 0 saturated heterocycles. The summed E-state index contributed by atoms with van der Waals surface area (Å²) in [4.78, 5) is 12.0. The Bertz CT molecular complexity index is 428. The second-order valence-electron chi connectivity index (χ2n) is 5.50. The molecule has 0 spiro atoms. The molecule has 2 N–H and O–H groups in total. The van der Waals surface area contributed by atoms with E-state index in [1.807, 2.05) is 20.8 Å². The Balaban J connectivity index is 2.70. The molecule has 0 aliphatic carbocycles. The van der Waals surface area contributed by atoms with Gasteiger partial charge in [-0.15, -0.1) is 0 Å². The zero-order valence-electron chi connectivity index (χ0n) is 11.9. The van der Waals surface area contributed by atoms with Gasteiger partial charge in [-0.1, -0.05) is 32.9 Å². The molecule has 1 aromatic carbocycles. The van der Waals surface area contributed by atoms with Crippen LogP contribution in [0.3, 0.4) is 0 Å². The number of aliphatic hydroxyl groups excluding tert-OH is 1. The maximum absolute atomic E-state index is 12.8. The molecular weight excluding hydrogens is 245 g/mol. The summed E-state index contributed by atoms with van der Waals surface area (Å²) in [6, 6.07) is 5.21. The second-order valence-corrected chi connectivity index (χ2v) is 5.50. The summed E-state index contributed by atoms with van der Waals surface area (Å²) in [5.41, 5.74) is 0.125. The van der Waals surface area contributed by atoms with Gasteiger partial charge < -0.3 is 10.4 Å².